The SMILES string of the molecule is Cc1ccc(S(=O)(=O)Nc2cccc3c(S(=O)(=O)O)cccc23)cc1. The summed E-state index contributed by atoms with van der Waals surface area (Å²) in [4.78, 5) is -0.178. The van der Waals surface area contributed by atoms with E-state index >= 15 is 0 Å². The van der Waals surface area contributed by atoms with Crippen LogP contribution in [0.3, 0.4) is 0 Å². The molecule has 0 atom stereocenters. The maximum Gasteiger partial charge on any atom is 0.295 e. The van der Waals surface area contributed by atoms with Crippen molar-refractivity contribution in [1.29, 1.82) is 0 Å². The first-order valence-corrected chi connectivity index (χ1v) is 10.2. The summed E-state index contributed by atoms with van der Waals surface area (Å²) in [5.74, 6) is 0. The van der Waals surface area contributed by atoms with Gasteiger partial charge in [-0.3, -0.25) is 9.27 Å². The molecule has 0 saturated carbocycles. The molecule has 0 amide bonds. The molecule has 0 spiro atoms. The summed E-state index contributed by atoms with van der Waals surface area (Å²) in [6.45, 7) is 1.85. The van der Waals surface area contributed by atoms with Crippen molar-refractivity contribution in [3.05, 3.63) is 66.2 Å². The minimum atomic E-state index is -4.42. The van der Waals surface area contributed by atoms with Gasteiger partial charge >= 0.3 is 0 Å². The second kappa shape index (κ2) is 6.14. The monoisotopic (exact) mass is 377 g/mol. The lowest BCUT2D eigenvalue weighted by atomic mass is 10.1. The van der Waals surface area contributed by atoms with Gasteiger partial charge in [0.1, 0.15) is 4.90 Å². The molecule has 130 valence electrons. The molecular weight excluding hydrogens is 362 g/mol. The number of benzene rings is 3. The second-order valence-electron chi connectivity index (χ2n) is 5.55. The van der Waals surface area contributed by atoms with Crippen molar-refractivity contribution in [3.63, 3.8) is 0 Å². The largest absolute Gasteiger partial charge is 0.295 e. The van der Waals surface area contributed by atoms with Crippen LogP contribution in [0.15, 0.2) is 70.5 Å². The first kappa shape index (κ1) is 17.4. The molecule has 0 aromatic heterocycles. The number of sulfonamides is 1. The van der Waals surface area contributed by atoms with Crippen molar-refractivity contribution < 1.29 is 21.4 Å². The maximum absolute atomic E-state index is 12.6. The third kappa shape index (κ3) is 3.51. The molecule has 0 bridgehead atoms. The Balaban J connectivity index is 2.13. The number of hydrogen-bond donors (Lipinski definition) is 2. The van der Waals surface area contributed by atoms with Gasteiger partial charge in [-0.15, -0.1) is 0 Å². The van der Waals surface area contributed by atoms with Crippen LogP contribution in [0, 0.1) is 6.92 Å². The van der Waals surface area contributed by atoms with Crippen LogP contribution < -0.4 is 4.72 Å². The van der Waals surface area contributed by atoms with Crippen LogP contribution in [0.5, 0.6) is 0 Å². The van der Waals surface area contributed by atoms with Crippen molar-refractivity contribution in [2.45, 2.75) is 16.7 Å². The summed E-state index contributed by atoms with van der Waals surface area (Å²) in [5, 5.41) is 0.599. The van der Waals surface area contributed by atoms with Gasteiger partial charge in [0.2, 0.25) is 0 Å². The van der Waals surface area contributed by atoms with Crippen LogP contribution in [-0.4, -0.2) is 21.4 Å². The van der Waals surface area contributed by atoms with Crippen LogP contribution in [0.25, 0.3) is 10.8 Å². The van der Waals surface area contributed by atoms with Gasteiger partial charge in [0, 0.05) is 10.8 Å². The highest BCUT2D eigenvalue weighted by Gasteiger charge is 2.18. The fraction of sp³-hybridized carbons (Fsp3) is 0.0588. The topological polar surface area (TPSA) is 101 Å². The predicted molar refractivity (Wildman–Crippen MR) is 95.8 cm³/mol. The van der Waals surface area contributed by atoms with E-state index in [0.29, 0.717) is 5.39 Å². The molecule has 0 aliphatic heterocycles. The van der Waals surface area contributed by atoms with Crippen molar-refractivity contribution in [2.75, 3.05) is 4.72 Å². The lowest BCUT2D eigenvalue weighted by Gasteiger charge is -2.12. The zero-order valence-corrected chi connectivity index (χ0v) is 14.8. The van der Waals surface area contributed by atoms with Gasteiger partial charge in [0.25, 0.3) is 20.1 Å². The third-order valence-corrected chi connectivity index (χ3v) is 6.03. The van der Waals surface area contributed by atoms with Crippen LogP contribution in [0.1, 0.15) is 5.56 Å². The fourth-order valence-corrected chi connectivity index (χ4v) is 4.30. The predicted octanol–water partition coefficient (Wildman–Crippen LogP) is 3.20. The van der Waals surface area contributed by atoms with Crippen LogP contribution in [-0.2, 0) is 20.1 Å². The van der Waals surface area contributed by atoms with E-state index in [1.165, 1.54) is 42.5 Å². The van der Waals surface area contributed by atoms with E-state index in [9.17, 15) is 21.4 Å². The van der Waals surface area contributed by atoms with Crippen molar-refractivity contribution in [3.8, 4) is 0 Å². The van der Waals surface area contributed by atoms with E-state index < -0.39 is 20.1 Å². The lowest BCUT2D eigenvalue weighted by molar-refractivity contribution is 0.484. The van der Waals surface area contributed by atoms with E-state index in [-0.39, 0.29) is 20.9 Å². The summed E-state index contributed by atoms with van der Waals surface area (Å²) in [7, 11) is -8.26. The molecule has 2 N–H and O–H groups in total. The van der Waals surface area contributed by atoms with Gasteiger partial charge < -0.3 is 0 Å². The molecule has 3 aromatic rings. The van der Waals surface area contributed by atoms with E-state index in [2.05, 4.69) is 4.72 Å². The first-order chi connectivity index (χ1) is 11.7. The van der Waals surface area contributed by atoms with E-state index in [1.54, 1.807) is 18.2 Å². The Kier molecular flexibility index (Phi) is 4.28. The normalized spacial score (nSPS) is 12.2. The molecule has 25 heavy (non-hydrogen) atoms. The Labute approximate surface area is 145 Å². The molecule has 0 fully saturated rings. The molecule has 0 aliphatic carbocycles. The Hall–Kier alpha value is -2.42. The highest BCUT2D eigenvalue weighted by molar-refractivity contribution is 7.92. The fourth-order valence-electron chi connectivity index (χ4n) is 2.52. The summed E-state index contributed by atoms with van der Waals surface area (Å²) in [6, 6.07) is 15.2. The van der Waals surface area contributed by atoms with E-state index in [4.69, 9.17) is 0 Å². The van der Waals surface area contributed by atoms with Gasteiger partial charge in [0.05, 0.1) is 10.6 Å². The van der Waals surface area contributed by atoms with Crippen molar-refractivity contribution in [2.24, 2.45) is 0 Å². The minimum absolute atomic E-state index is 0.0982. The lowest BCUT2D eigenvalue weighted by Crippen LogP contribution is -2.13. The molecule has 0 aliphatic rings. The van der Waals surface area contributed by atoms with Gasteiger partial charge in [-0.05, 0) is 31.2 Å². The number of nitrogens with one attached hydrogen (secondary N) is 1. The minimum Gasteiger partial charge on any atom is -0.282 e. The Morgan fingerprint density at radius 2 is 1.40 bits per heavy atom. The highest BCUT2D eigenvalue weighted by Crippen LogP contribution is 2.30. The van der Waals surface area contributed by atoms with Crippen LogP contribution in [0.4, 0.5) is 5.69 Å². The zero-order valence-electron chi connectivity index (χ0n) is 13.2. The standard InChI is InChI=1S/C17H15NO5S2/c1-12-8-10-13(11-9-12)24(19,20)18-16-6-2-5-15-14(16)4-3-7-17(15)25(21,22)23/h2-11,18H,1H3,(H,21,22,23). The Morgan fingerprint density at radius 1 is 0.800 bits per heavy atom. The average molecular weight is 377 g/mol. The number of rotatable bonds is 4. The van der Waals surface area contributed by atoms with Crippen molar-refractivity contribution >= 4 is 36.6 Å². The molecule has 6 nitrogen and oxygen atoms in total. The first-order valence-electron chi connectivity index (χ1n) is 7.27. The van der Waals surface area contributed by atoms with Crippen LogP contribution in [0.2, 0.25) is 0 Å². The van der Waals surface area contributed by atoms with Gasteiger partial charge in [-0.1, -0.05) is 42.0 Å². The van der Waals surface area contributed by atoms with E-state index in [0.717, 1.165) is 5.56 Å². The van der Waals surface area contributed by atoms with Crippen LogP contribution >= 0.6 is 0 Å². The summed E-state index contributed by atoms with van der Waals surface area (Å²) < 4.78 is 60.0. The second-order valence-corrected chi connectivity index (χ2v) is 8.62. The van der Waals surface area contributed by atoms with Crippen molar-refractivity contribution in [1.82, 2.24) is 0 Å². The summed E-state index contributed by atoms with van der Waals surface area (Å²) in [5.41, 5.74) is 1.16. The maximum atomic E-state index is 12.6. The van der Waals surface area contributed by atoms with Gasteiger partial charge in [-0.25, -0.2) is 8.42 Å². The van der Waals surface area contributed by atoms with Gasteiger partial charge in [-0.2, -0.15) is 8.42 Å². The summed E-state index contributed by atoms with van der Waals surface area (Å²) >= 11 is 0. The molecule has 0 saturated heterocycles. The molecule has 0 unspecified atom stereocenters. The quantitative estimate of drug-likeness (QED) is 0.680. The number of aryl methyl sites for hydroxylation is 1. The molecule has 3 aromatic carbocycles. The highest BCUT2D eigenvalue weighted by atomic mass is 32.2. The molecule has 8 heteroatoms. The molecule has 3 rings (SSSR count). The van der Waals surface area contributed by atoms with E-state index in [1.807, 2.05) is 6.92 Å². The number of fused-ring (bicyclic) bond motifs is 1. The molecule has 0 radical (unpaired) electrons. The zero-order chi connectivity index (χ0) is 18.2. The summed E-state index contributed by atoms with van der Waals surface area (Å²) in [6.07, 6.45) is 0. The molecule has 0 heterocycles. The number of hydrogen-bond acceptors (Lipinski definition) is 4. The smallest absolute Gasteiger partial charge is 0.282 e. The molecular formula is C17H15NO5S2. The Bertz CT molecular complexity index is 1150. The van der Waals surface area contributed by atoms with Gasteiger partial charge in [0.15, 0.2) is 0 Å². The number of anilines is 1. The third-order valence-electron chi connectivity index (χ3n) is 3.74. The average Bonchev–Trinajstić information content (AvgIpc) is 2.54. The Morgan fingerprint density at radius 3 is 2.04 bits per heavy atom.